The summed E-state index contributed by atoms with van der Waals surface area (Å²) in [6, 6.07) is 5.33. The topological polar surface area (TPSA) is 32.8 Å². The maximum Gasteiger partial charge on any atom is 0.405 e. The minimum absolute atomic E-state index is 0.252. The number of aryl methyl sites for hydroxylation is 1. The molecule has 0 N–H and O–H groups in total. The largest absolute Gasteiger partial charge is 0.483 e. The Hall–Kier alpha value is -1.76. The summed E-state index contributed by atoms with van der Waals surface area (Å²) < 4.78 is 45.0. The highest BCUT2D eigenvalue weighted by Crippen LogP contribution is 2.29. The van der Waals surface area contributed by atoms with Gasteiger partial charge in [0.05, 0.1) is 0 Å². The number of para-hydroxylation sites is 1. The summed E-state index contributed by atoms with van der Waals surface area (Å²) >= 11 is 0. The van der Waals surface area contributed by atoms with E-state index in [0.717, 1.165) is 12.0 Å². The molecular formula is C17H23F3N2O2. The monoisotopic (exact) mass is 344 g/mol. The molecule has 2 unspecified atom stereocenters. The molecule has 0 radical (unpaired) electrons. The third kappa shape index (κ3) is 4.20. The van der Waals surface area contributed by atoms with E-state index >= 15 is 0 Å². The minimum Gasteiger partial charge on any atom is -0.483 e. The number of hydrogen-bond acceptors (Lipinski definition) is 3. The SMILES string of the molecule is CCc1ccccc1OCC(=O)N1CC(C)N(C)C(C(F)(F)F)C1. The standard InChI is InChI=1S/C17H23F3N2O2/c1-4-13-7-5-6-8-14(13)24-11-16(23)22-9-12(2)21(3)15(10-22)17(18,19)20/h5-8,12,15H,4,9-11H2,1-3H3. The van der Waals surface area contributed by atoms with Gasteiger partial charge in [0.15, 0.2) is 6.61 Å². The summed E-state index contributed by atoms with van der Waals surface area (Å²) in [6.45, 7) is 3.31. The molecule has 1 aliphatic rings. The van der Waals surface area contributed by atoms with Gasteiger partial charge in [-0.25, -0.2) is 0 Å². The number of halogens is 3. The Kier molecular flexibility index (Phi) is 5.74. The molecule has 4 nitrogen and oxygen atoms in total. The van der Waals surface area contributed by atoms with E-state index < -0.39 is 18.1 Å². The molecule has 1 heterocycles. The van der Waals surface area contributed by atoms with Crippen LogP contribution in [0.1, 0.15) is 19.4 Å². The molecule has 0 aliphatic carbocycles. The summed E-state index contributed by atoms with van der Waals surface area (Å²) in [5.41, 5.74) is 0.963. The van der Waals surface area contributed by atoms with Crippen molar-refractivity contribution < 1.29 is 22.7 Å². The van der Waals surface area contributed by atoms with E-state index in [0.29, 0.717) is 5.75 Å². The number of piperazine rings is 1. The Morgan fingerprint density at radius 3 is 2.58 bits per heavy atom. The highest BCUT2D eigenvalue weighted by Gasteiger charge is 2.47. The van der Waals surface area contributed by atoms with Crippen molar-refractivity contribution in [3.63, 3.8) is 0 Å². The molecule has 1 saturated heterocycles. The van der Waals surface area contributed by atoms with Crippen LogP contribution in [0.5, 0.6) is 5.75 Å². The highest BCUT2D eigenvalue weighted by molar-refractivity contribution is 5.78. The second-order valence-corrected chi connectivity index (χ2v) is 6.12. The first-order chi connectivity index (χ1) is 11.2. The van der Waals surface area contributed by atoms with Crippen LogP contribution in [-0.2, 0) is 11.2 Å². The van der Waals surface area contributed by atoms with Crippen molar-refractivity contribution in [1.82, 2.24) is 9.80 Å². The number of carbonyl (C=O) groups excluding carboxylic acids is 1. The minimum atomic E-state index is -4.36. The second-order valence-electron chi connectivity index (χ2n) is 6.12. The van der Waals surface area contributed by atoms with Crippen molar-refractivity contribution >= 4 is 5.91 Å². The molecule has 0 aromatic heterocycles. The Bertz CT molecular complexity index is 577. The number of hydrogen-bond donors (Lipinski definition) is 0. The van der Waals surface area contributed by atoms with Gasteiger partial charge in [-0.05, 0) is 32.0 Å². The van der Waals surface area contributed by atoms with Gasteiger partial charge in [-0.15, -0.1) is 0 Å². The maximum atomic E-state index is 13.1. The number of likely N-dealkylation sites (N-methyl/N-ethyl adjacent to an activating group) is 1. The van der Waals surface area contributed by atoms with E-state index in [4.69, 9.17) is 4.74 Å². The van der Waals surface area contributed by atoms with Gasteiger partial charge in [-0.1, -0.05) is 25.1 Å². The summed E-state index contributed by atoms with van der Waals surface area (Å²) in [6.07, 6.45) is -3.61. The van der Waals surface area contributed by atoms with Crippen molar-refractivity contribution in [1.29, 1.82) is 0 Å². The number of alkyl halides is 3. The Morgan fingerprint density at radius 2 is 1.96 bits per heavy atom. The molecule has 1 fully saturated rings. The first-order valence-electron chi connectivity index (χ1n) is 8.01. The van der Waals surface area contributed by atoms with Crippen LogP contribution in [0.3, 0.4) is 0 Å². The van der Waals surface area contributed by atoms with E-state index in [9.17, 15) is 18.0 Å². The van der Waals surface area contributed by atoms with Crippen LogP contribution in [0.4, 0.5) is 13.2 Å². The van der Waals surface area contributed by atoms with Gasteiger partial charge in [0, 0.05) is 19.1 Å². The third-order valence-electron chi connectivity index (χ3n) is 4.50. The average molecular weight is 344 g/mol. The molecule has 2 atom stereocenters. The fourth-order valence-corrected chi connectivity index (χ4v) is 2.87. The van der Waals surface area contributed by atoms with Crippen LogP contribution in [0, 0.1) is 0 Å². The van der Waals surface area contributed by atoms with Crippen LogP contribution in [-0.4, -0.2) is 60.7 Å². The lowest BCUT2D eigenvalue weighted by atomic mass is 10.1. The Morgan fingerprint density at radius 1 is 1.29 bits per heavy atom. The molecule has 0 bridgehead atoms. The lowest BCUT2D eigenvalue weighted by Gasteiger charge is -2.44. The molecule has 24 heavy (non-hydrogen) atoms. The molecule has 1 aromatic carbocycles. The molecule has 134 valence electrons. The lowest BCUT2D eigenvalue weighted by molar-refractivity contribution is -0.201. The highest BCUT2D eigenvalue weighted by atomic mass is 19.4. The molecular weight excluding hydrogens is 321 g/mol. The summed E-state index contributed by atoms with van der Waals surface area (Å²) in [5.74, 6) is 0.179. The Balaban J connectivity index is 2.01. The van der Waals surface area contributed by atoms with Crippen molar-refractivity contribution in [3.8, 4) is 5.75 Å². The predicted octanol–water partition coefficient (Wildman–Crippen LogP) is 2.72. The molecule has 2 rings (SSSR count). The number of nitrogens with zero attached hydrogens (tertiary/aromatic N) is 2. The smallest absolute Gasteiger partial charge is 0.405 e. The first-order valence-corrected chi connectivity index (χ1v) is 8.01. The van der Waals surface area contributed by atoms with E-state index in [1.807, 2.05) is 19.1 Å². The third-order valence-corrected chi connectivity index (χ3v) is 4.50. The molecule has 0 saturated carbocycles. The van der Waals surface area contributed by atoms with Gasteiger partial charge < -0.3 is 9.64 Å². The predicted molar refractivity (Wildman–Crippen MR) is 85.0 cm³/mol. The van der Waals surface area contributed by atoms with E-state index in [2.05, 4.69) is 0 Å². The van der Waals surface area contributed by atoms with Crippen molar-refractivity contribution in [3.05, 3.63) is 29.8 Å². The van der Waals surface area contributed by atoms with Gasteiger partial charge in [0.1, 0.15) is 11.8 Å². The first kappa shape index (κ1) is 18.6. The zero-order chi connectivity index (χ0) is 17.9. The number of rotatable bonds is 4. The van der Waals surface area contributed by atoms with E-state index in [1.165, 1.54) is 16.8 Å². The van der Waals surface area contributed by atoms with E-state index in [-0.39, 0.29) is 25.7 Å². The lowest BCUT2D eigenvalue weighted by Crippen LogP contribution is -2.62. The van der Waals surface area contributed by atoms with Crippen LogP contribution < -0.4 is 4.74 Å². The fourth-order valence-electron chi connectivity index (χ4n) is 2.87. The molecule has 0 spiro atoms. The Labute approximate surface area is 140 Å². The van der Waals surface area contributed by atoms with Gasteiger partial charge in [0.25, 0.3) is 5.91 Å². The fraction of sp³-hybridized carbons (Fsp3) is 0.588. The summed E-state index contributed by atoms with van der Waals surface area (Å²) in [7, 11) is 1.44. The van der Waals surface area contributed by atoms with Crippen LogP contribution >= 0.6 is 0 Å². The molecule has 1 aromatic rings. The number of amides is 1. The summed E-state index contributed by atoms with van der Waals surface area (Å²) in [5, 5.41) is 0. The molecule has 1 aliphatic heterocycles. The quantitative estimate of drug-likeness (QED) is 0.842. The van der Waals surface area contributed by atoms with Crippen LogP contribution in [0.15, 0.2) is 24.3 Å². The molecule has 1 amide bonds. The normalized spacial score (nSPS) is 22.5. The molecule has 7 heteroatoms. The van der Waals surface area contributed by atoms with Gasteiger partial charge in [0.2, 0.25) is 0 Å². The van der Waals surface area contributed by atoms with Gasteiger partial charge in [-0.2, -0.15) is 13.2 Å². The van der Waals surface area contributed by atoms with Gasteiger partial charge >= 0.3 is 6.18 Å². The van der Waals surface area contributed by atoms with Crippen molar-refractivity contribution in [2.45, 2.75) is 38.5 Å². The van der Waals surface area contributed by atoms with Crippen LogP contribution in [0.2, 0.25) is 0 Å². The van der Waals surface area contributed by atoms with E-state index in [1.54, 1.807) is 19.1 Å². The average Bonchev–Trinajstić information content (AvgIpc) is 2.54. The van der Waals surface area contributed by atoms with Crippen molar-refractivity contribution in [2.75, 3.05) is 26.7 Å². The summed E-state index contributed by atoms with van der Waals surface area (Å²) in [4.78, 5) is 14.8. The maximum absolute atomic E-state index is 13.1. The number of ether oxygens (including phenoxy) is 1. The number of carbonyl (C=O) groups is 1. The number of benzene rings is 1. The zero-order valence-corrected chi connectivity index (χ0v) is 14.1. The zero-order valence-electron chi connectivity index (χ0n) is 14.1. The van der Waals surface area contributed by atoms with Gasteiger partial charge in [-0.3, -0.25) is 9.69 Å². The van der Waals surface area contributed by atoms with Crippen molar-refractivity contribution in [2.24, 2.45) is 0 Å². The van der Waals surface area contributed by atoms with Crippen LogP contribution in [0.25, 0.3) is 0 Å². The second kappa shape index (κ2) is 7.42.